The lowest BCUT2D eigenvalue weighted by Gasteiger charge is -2.06. The summed E-state index contributed by atoms with van der Waals surface area (Å²) in [6, 6.07) is 18.5. The Balaban J connectivity index is 1.66. The van der Waals surface area contributed by atoms with Crippen molar-refractivity contribution in [2.24, 2.45) is 0 Å². The normalized spacial score (nSPS) is 11.1. The Morgan fingerprint density at radius 3 is 1.17 bits per heavy atom. The summed E-state index contributed by atoms with van der Waals surface area (Å²) in [4.78, 5) is 2.70. The van der Waals surface area contributed by atoms with Crippen LogP contribution in [0, 0.1) is 0 Å². The smallest absolute Gasteiger partial charge is 0.0122 e. The predicted octanol–water partition coefficient (Wildman–Crippen LogP) is 9.64. The molecule has 1 heteroatoms. The third kappa shape index (κ3) is 10.9. The van der Waals surface area contributed by atoms with Crippen molar-refractivity contribution in [1.82, 2.24) is 0 Å². The highest BCUT2D eigenvalue weighted by atomic mass is 32.2. The van der Waals surface area contributed by atoms with E-state index in [-0.39, 0.29) is 0 Å². The second-order valence-electron chi connectivity index (χ2n) is 8.43. The first-order valence-corrected chi connectivity index (χ1v) is 13.0. The van der Waals surface area contributed by atoms with Crippen LogP contribution in [0.2, 0.25) is 0 Å². The topological polar surface area (TPSA) is 0 Å². The third-order valence-corrected chi connectivity index (χ3v) is 6.74. The van der Waals surface area contributed by atoms with E-state index in [0.717, 1.165) is 0 Å². The van der Waals surface area contributed by atoms with Crippen LogP contribution in [0.3, 0.4) is 0 Å². The van der Waals surface area contributed by atoms with Crippen LogP contribution in [0.1, 0.15) is 102 Å². The molecule has 0 amide bonds. The number of rotatable bonds is 16. The van der Waals surface area contributed by atoms with Crippen LogP contribution < -0.4 is 0 Å². The SMILES string of the molecule is CCCCCCCCc1ccc(Sc2ccc(CCCCCCCC)cc2)cc1. The van der Waals surface area contributed by atoms with Gasteiger partial charge in [0.15, 0.2) is 0 Å². The van der Waals surface area contributed by atoms with Gasteiger partial charge in [0.05, 0.1) is 0 Å². The van der Waals surface area contributed by atoms with Crippen molar-refractivity contribution >= 4 is 11.8 Å². The quantitative estimate of drug-likeness (QED) is 0.248. The van der Waals surface area contributed by atoms with Crippen LogP contribution in [0.25, 0.3) is 0 Å². The van der Waals surface area contributed by atoms with Gasteiger partial charge in [-0.25, -0.2) is 0 Å². The second kappa shape index (κ2) is 15.6. The fourth-order valence-corrected chi connectivity index (χ4v) is 4.62. The molecule has 2 rings (SSSR count). The molecule has 0 spiro atoms. The Labute approximate surface area is 184 Å². The Morgan fingerprint density at radius 1 is 0.448 bits per heavy atom. The van der Waals surface area contributed by atoms with Crippen molar-refractivity contribution in [3.8, 4) is 0 Å². The maximum Gasteiger partial charge on any atom is 0.0122 e. The fraction of sp³-hybridized carbons (Fsp3) is 0.571. The molecule has 0 saturated heterocycles. The highest BCUT2D eigenvalue weighted by molar-refractivity contribution is 7.99. The van der Waals surface area contributed by atoms with Gasteiger partial charge in [0.1, 0.15) is 0 Å². The highest BCUT2D eigenvalue weighted by Gasteiger charge is 2.00. The summed E-state index contributed by atoms with van der Waals surface area (Å²) in [6.07, 6.45) is 18.9. The molecular weight excluding hydrogens is 368 g/mol. The van der Waals surface area contributed by atoms with Gasteiger partial charge in [0.25, 0.3) is 0 Å². The maximum absolute atomic E-state index is 2.32. The van der Waals surface area contributed by atoms with Crippen molar-refractivity contribution in [2.45, 2.75) is 114 Å². The van der Waals surface area contributed by atoms with Gasteiger partial charge in [-0.1, -0.05) is 114 Å². The highest BCUT2D eigenvalue weighted by Crippen LogP contribution is 2.28. The van der Waals surface area contributed by atoms with E-state index in [1.54, 1.807) is 0 Å². The Bertz CT molecular complexity index is 569. The Hall–Kier alpha value is -1.21. The van der Waals surface area contributed by atoms with E-state index in [4.69, 9.17) is 0 Å². The van der Waals surface area contributed by atoms with Crippen LogP contribution in [-0.2, 0) is 12.8 Å². The van der Waals surface area contributed by atoms with E-state index in [9.17, 15) is 0 Å². The summed E-state index contributed by atoms with van der Waals surface area (Å²) in [5.74, 6) is 0. The van der Waals surface area contributed by atoms with Gasteiger partial charge in [-0.3, -0.25) is 0 Å². The molecule has 0 saturated carbocycles. The lowest BCUT2D eigenvalue weighted by atomic mass is 10.1. The van der Waals surface area contributed by atoms with Crippen LogP contribution >= 0.6 is 11.8 Å². The third-order valence-electron chi connectivity index (χ3n) is 5.72. The van der Waals surface area contributed by atoms with Crippen molar-refractivity contribution in [3.05, 3.63) is 59.7 Å². The second-order valence-corrected chi connectivity index (χ2v) is 9.57. The van der Waals surface area contributed by atoms with E-state index in [2.05, 4.69) is 62.4 Å². The number of hydrogen-bond donors (Lipinski definition) is 0. The zero-order valence-corrected chi connectivity index (χ0v) is 19.7. The Morgan fingerprint density at radius 2 is 0.793 bits per heavy atom. The average Bonchev–Trinajstić information content (AvgIpc) is 2.75. The van der Waals surface area contributed by atoms with Crippen LogP contribution in [0.15, 0.2) is 58.3 Å². The van der Waals surface area contributed by atoms with Gasteiger partial charge in [-0.05, 0) is 61.1 Å². The maximum atomic E-state index is 2.32. The first-order chi connectivity index (χ1) is 14.3. The number of aryl methyl sites for hydroxylation is 2. The lowest BCUT2D eigenvalue weighted by molar-refractivity contribution is 0.607. The summed E-state index contributed by atoms with van der Waals surface area (Å²) < 4.78 is 0. The molecule has 0 aliphatic heterocycles. The fourth-order valence-electron chi connectivity index (χ4n) is 3.80. The van der Waals surface area contributed by atoms with E-state index >= 15 is 0 Å². The first-order valence-electron chi connectivity index (χ1n) is 12.2. The molecule has 0 atom stereocenters. The molecule has 0 heterocycles. The van der Waals surface area contributed by atoms with Crippen molar-refractivity contribution in [1.29, 1.82) is 0 Å². The standard InChI is InChI=1S/C28H42S/c1-3-5-7-9-11-13-15-25-17-21-27(22-18-25)29-28-23-19-26(20-24-28)16-14-12-10-8-6-4-2/h17-24H,3-16H2,1-2H3. The van der Waals surface area contributed by atoms with Gasteiger partial charge in [-0.2, -0.15) is 0 Å². The molecule has 0 radical (unpaired) electrons. The van der Waals surface area contributed by atoms with Crippen molar-refractivity contribution in [2.75, 3.05) is 0 Å². The van der Waals surface area contributed by atoms with E-state index < -0.39 is 0 Å². The van der Waals surface area contributed by atoms with Gasteiger partial charge < -0.3 is 0 Å². The largest absolute Gasteiger partial charge is 0.0901 e. The minimum Gasteiger partial charge on any atom is -0.0901 e. The number of unbranched alkanes of at least 4 members (excludes halogenated alkanes) is 10. The van der Waals surface area contributed by atoms with E-state index in [1.807, 2.05) is 11.8 Å². The molecule has 29 heavy (non-hydrogen) atoms. The average molecular weight is 411 g/mol. The molecule has 0 aliphatic rings. The van der Waals surface area contributed by atoms with Crippen LogP contribution in [0.5, 0.6) is 0 Å². The van der Waals surface area contributed by atoms with E-state index in [0.29, 0.717) is 0 Å². The molecule has 0 bridgehead atoms. The summed E-state index contributed by atoms with van der Waals surface area (Å²) in [7, 11) is 0. The summed E-state index contributed by atoms with van der Waals surface area (Å²) >= 11 is 1.88. The molecule has 0 aromatic heterocycles. The minimum absolute atomic E-state index is 1.23. The molecule has 2 aromatic carbocycles. The molecule has 2 aromatic rings. The van der Waals surface area contributed by atoms with Crippen molar-refractivity contribution < 1.29 is 0 Å². The van der Waals surface area contributed by atoms with Crippen molar-refractivity contribution in [3.63, 3.8) is 0 Å². The summed E-state index contributed by atoms with van der Waals surface area (Å²) in [6.45, 7) is 4.56. The van der Waals surface area contributed by atoms with E-state index in [1.165, 1.54) is 111 Å². The number of benzene rings is 2. The van der Waals surface area contributed by atoms with Gasteiger partial charge in [0, 0.05) is 9.79 Å². The lowest BCUT2D eigenvalue weighted by Crippen LogP contribution is -1.87. The molecule has 0 aliphatic carbocycles. The number of hydrogen-bond acceptors (Lipinski definition) is 1. The molecular formula is C28H42S. The molecule has 160 valence electrons. The van der Waals surface area contributed by atoms with Gasteiger partial charge in [0.2, 0.25) is 0 Å². The van der Waals surface area contributed by atoms with Crippen LogP contribution in [0.4, 0.5) is 0 Å². The molecule has 0 fully saturated rings. The summed E-state index contributed by atoms with van der Waals surface area (Å²) in [5, 5.41) is 0. The first kappa shape index (κ1) is 24.1. The van der Waals surface area contributed by atoms with Gasteiger partial charge in [-0.15, -0.1) is 0 Å². The minimum atomic E-state index is 1.23. The van der Waals surface area contributed by atoms with Gasteiger partial charge >= 0.3 is 0 Å². The molecule has 0 unspecified atom stereocenters. The monoisotopic (exact) mass is 410 g/mol. The Kier molecular flexibility index (Phi) is 12.9. The van der Waals surface area contributed by atoms with Crippen LogP contribution in [-0.4, -0.2) is 0 Å². The zero-order valence-electron chi connectivity index (χ0n) is 18.9. The molecule has 0 nitrogen and oxygen atoms in total. The zero-order chi connectivity index (χ0) is 20.6. The summed E-state index contributed by atoms with van der Waals surface area (Å²) in [5.41, 5.74) is 2.97. The predicted molar refractivity (Wildman–Crippen MR) is 131 cm³/mol. The molecule has 0 N–H and O–H groups in total.